The molecule has 0 N–H and O–H groups in total. The minimum Gasteiger partial charge on any atom is -0.350 e. The van der Waals surface area contributed by atoms with Crippen molar-refractivity contribution in [1.29, 1.82) is 0 Å². The topological polar surface area (TPSA) is 97.8 Å². The molecule has 1 spiro atoms. The average Bonchev–Trinajstić information content (AvgIpc) is 3.47. The van der Waals surface area contributed by atoms with E-state index in [4.69, 9.17) is 4.74 Å². The van der Waals surface area contributed by atoms with Crippen molar-refractivity contribution in [3.8, 4) is 0 Å². The molecule has 2 amide bonds. The first-order valence-corrected chi connectivity index (χ1v) is 11.9. The summed E-state index contributed by atoms with van der Waals surface area (Å²) in [7, 11) is 0. The molecule has 3 aromatic carbocycles. The van der Waals surface area contributed by atoms with E-state index in [1.807, 2.05) is 30.3 Å². The van der Waals surface area contributed by atoms with Crippen LogP contribution >= 0.6 is 0 Å². The SMILES string of the molecule is CC(=O)c1ccc(N2C(=O)[C@H]3[C@@H](C2=O)C2(O[C@@H]3/C=C/c3ccccc3)C(=O)c3ccccc3C2=O)cc1. The maximum Gasteiger partial charge on any atom is 0.241 e. The highest BCUT2D eigenvalue weighted by Crippen LogP contribution is 2.53. The zero-order chi connectivity index (χ0) is 25.9. The number of rotatable bonds is 4. The third-order valence-electron chi connectivity index (χ3n) is 7.37. The summed E-state index contributed by atoms with van der Waals surface area (Å²) in [5, 5.41) is 0. The molecule has 1 aliphatic carbocycles. The Hall–Kier alpha value is -4.49. The number of amides is 2. The number of anilines is 1. The van der Waals surface area contributed by atoms with Gasteiger partial charge in [0.25, 0.3) is 0 Å². The molecular formula is C30H21NO6. The van der Waals surface area contributed by atoms with E-state index in [1.165, 1.54) is 43.3 Å². The van der Waals surface area contributed by atoms with Crippen molar-refractivity contribution >= 4 is 40.9 Å². The van der Waals surface area contributed by atoms with Gasteiger partial charge in [-0.2, -0.15) is 0 Å². The van der Waals surface area contributed by atoms with Crippen molar-refractivity contribution < 1.29 is 28.7 Å². The Morgan fingerprint density at radius 2 is 1.41 bits per heavy atom. The fourth-order valence-corrected chi connectivity index (χ4v) is 5.61. The highest BCUT2D eigenvalue weighted by atomic mass is 16.5. The molecule has 2 aliphatic heterocycles. The number of fused-ring (bicyclic) bond motifs is 3. The first-order valence-electron chi connectivity index (χ1n) is 11.9. The largest absolute Gasteiger partial charge is 0.350 e. The maximum atomic E-state index is 13.9. The van der Waals surface area contributed by atoms with E-state index in [0.29, 0.717) is 5.56 Å². The predicted molar refractivity (Wildman–Crippen MR) is 134 cm³/mol. The van der Waals surface area contributed by atoms with Gasteiger partial charge in [0, 0.05) is 16.7 Å². The fraction of sp³-hybridized carbons (Fsp3) is 0.167. The smallest absolute Gasteiger partial charge is 0.241 e. The first-order chi connectivity index (χ1) is 17.8. The van der Waals surface area contributed by atoms with Crippen LogP contribution in [0.1, 0.15) is 43.6 Å². The van der Waals surface area contributed by atoms with E-state index in [-0.39, 0.29) is 22.6 Å². The van der Waals surface area contributed by atoms with Gasteiger partial charge in [0.05, 0.1) is 23.6 Å². The van der Waals surface area contributed by atoms with E-state index >= 15 is 0 Å². The Balaban J connectivity index is 1.46. The summed E-state index contributed by atoms with van der Waals surface area (Å²) in [4.78, 5) is 67.8. The third kappa shape index (κ3) is 3.21. The van der Waals surface area contributed by atoms with Gasteiger partial charge < -0.3 is 4.74 Å². The van der Waals surface area contributed by atoms with Crippen molar-refractivity contribution in [2.75, 3.05) is 4.90 Å². The predicted octanol–water partition coefficient (Wildman–Crippen LogP) is 3.93. The molecule has 7 nitrogen and oxygen atoms in total. The van der Waals surface area contributed by atoms with Gasteiger partial charge in [-0.05, 0) is 36.8 Å². The molecule has 0 saturated carbocycles. The van der Waals surface area contributed by atoms with Crippen LogP contribution in [0.15, 0.2) is 84.9 Å². The molecule has 37 heavy (non-hydrogen) atoms. The van der Waals surface area contributed by atoms with Gasteiger partial charge in [-0.1, -0.05) is 66.7 Å². The van der Waals surface area contributed by atoms with E-state index in [9.17, 15) is 24.0 Å². The van der Waals surface area contributed by atoms with E-state index in [2.05, 4.69) is 0 Å². The summed E-state index contributed by atoms with van der Waals surface area (Å²) in [6, 6.07) is 21.8. The third-order valence-corrected chi connectivity index (χ3v) is 7.37. The molecule has 0 bridgehead atoms. The molecule has 0 aromatic heterocycles. The Morgan fingerprint density at radius 3 is 2.00 bits per heavy atom. The lowest BCUT2D eigenvalue weighted by molar-refractivity contribution is -0.126. The monoisotopic (exact) mass is 491 g/mol. The number of carbonyl (C=O) groups excluding carboxylic acids is 5. The van der Waals surface area contributed by atoms with Gasteiger partial charge in [0.2, 0.25) is 29.0 Å². The molecule has 3 atom stereocenters. The second kappa shape index (κ2) is 8.28. The number of imide groups is 1. The van der Waals surface area contributed by atoms with E-state index in [0.717, 1.165) is 10.5 Å². The summed E-state index contributed by atoms with van der Waals surface area (Å²) in [5.74, 6) is -4.96. The van der Waals surface area contributed by atoms with Crippen LogP contribution in [0.25, 0.3) is 6.08 Å². The number of benzene rings is 3. The van der Waals surface area contributed by atoms with Crippen molar-refractivity contribution in [2.24, 2.45) is 11.8 Å². The standard InChI is InChI=1S/C30H21NO6/c1-17(32)19-12-14-20(15-13-19)31-28(35)24-23(16-11-18-7-3-2-4-8-18)37-30(25(24)29(31)36)26(33)21-9-5-6-10-22(21)27(30)34/h2-16,23-25H,1H3/b16-11+/t23-,24-,25+/m1/s1. The Morgan fingerprint density at radius 1 is 0.811 bits per heavy atom. The molecule has 0 radical (unpaired) electrons. The number of ether oxygens (including phenoxy) is 1. The highest BCUT2D eigenvalue weighted by molar-refractivity contribution is 6.37. The van der Waals surface area contributed by atoms with Crippen LogP contribution in [-0.4, -0.2) is 40.9 Å². The average molecular weight is 491 g/mol. The van der Waals surface area contributed by atoms with Crippen LogP contribution in [0.4, 0.5) is 5.69 Å². The number of carbonyl (C=O) groups is 5. The van der Waals surface area contributed by atoms with Crippen LogP contribution in [0, 0.1) is 11.8 Å². The Kier molecular flexibility index (Phi) is 5.14. The molecule has 2 fully saturated rings. The van der Waals surface area contributed by atoms with Crippen LogP contribution in [0.5, 0.6) is 0 Å². The van der Waals surface area contributed by atoms with Crippen molar-refractivity contribution in [1.82, 2.24) is 0 Å². The molecule has 2 saturated heterocycles. The van der Waals surface area contributed by atoms with Crippen LogP contribution in [-0.2, 0) is 14.3 Å². The maximum absolute atomic E-state index is 13.9. The normalized spacial score (nSPS) is 23.8. The minimum absolute atomic E-state index is 0.152. The molecule has 0 unspecified atom stereocenters. The van der Waals surface area contributed by atoms with Gasteiger partial charge in [-0.3, -0.25) is 24.0 Å². The number of hydrogen-bond acceptors (Lipinski definition) is 6. The van der Waals surface area contributed by atoms with Gasteiger partial charge in [-0.25, -0.2) is 4.90 Å². The fourth-order valence-electron chi connectivity index (χ4n) is 5.61. The summed E-state index contributed by atoms with van der Waals surface area (Å²) >= 11 is 0. The second-order valence-electron chi connectivity index (χ2n) is 9.41. The number of nitrogens with zero attached hydrogens (tertiary/aromatic N) is 1. The molecule has 6 rings (SSSR count). The van der Waals surface area contributed by atoms with E-state index in [1.54, 1.807) is 24.3 Å². The number of hydrogen-bond donors (Lipinski definition) is 0. The van der Waals surface area contributed by atoms with Gasteiger partial charge >= 0.3 is 0 Å². The van der Waals surface area contributed by atoms with Gasteiger partial charge in [-0.15, -0.1) is 0 Å². The first kappa shape index (κ1) is 22.9. The zero-order valence-corrected chi connectivity index (χ0v) is 19.8. The summed E-state index contributed by atoms with van der Waals surface area (Å²) < 4.78 is 6.18. The molecular weight excluding hydrogens is 470 g/mol. The van der Waals surface area contributed by atoms with Crippen molar-refractivity contribution in [3.05, 3.63) is 107 Å². The summed E-state index contributed by atoms with van der Waals surface area (Å²) in [5.41, 5.74) is -0.203. The summed E-state index contributed by atoms with van der Waals surface area (Å²) in [6.45, 7) is 1.42. The lowest BCUT2D eigenvalue weighted by Crippen LogP contribution is -2.51. The summed E-state index contributed by atoms with van der Waals surface area (Å²) in [6.07, 6.45) is 2.41. The lowest BCUT2D eigenvalue weighted by atomic mass is 9.78. The van der Waals surface area contributed by atoms with Crippen LogP contribution < -0.4 is 4.90 Å². The van der Waals surface area contributed by atoms with Gasteiger partial charge in [0.15, 0.2) is 5.78 Å². The second-order valence-corrected chi connectivity index (χ2v) is 9.41. The highest BCUT2D eigenvalue weighted by Gasteiger charge is 2.74. The van der Waals surface area contributed by atoms with E-state index < -0.39 is 46.9 Å². The molecule has 3 aromatic rings. The van der Waals surface area contributed by atoms with Crippen LogP contribution in [0.3, 0.4) is 0 Å². The van der Waals surface area contributed by atoms with Gasteiger partial charge in [0.1, 0.15) is 0 Å². The molecule has 7 heteroatoms. The molecule has 3 aliphatic rings. The molecule has 2 heterocycles. The molecule has 182 valence electrons. The Bertz CT molecular complexity index is 1490. The van der Waals surface area contributed by atoms with Crippen LogP contribution in [0.2, 0.25) is 0 Å². The van der Waals surface area contributed by atoms with Crippen molar-refractivity contribution in [2.45, 2.75) is 18.6 Å². The number of Topliss-reactive ketones (excluding diaryl/α,β-unsaturated/α-hetero) is 3. The Labute approximate surface area is 212 Å². The zero-order valence-electron chi connectivity index (χ0n) is 19.8. The number of ketones is 3. The lowest BCUT2D eigenvalue weighted by Gasteiger charge is -2.26. The quantitative estimate of drug-likeness (QED) is 0.312. The minimum atomic E-state index is -2.11. The van der Waals surface area contributed by atoms with Crippen molar-refractivity contribution in [3.63, 3.8) is 0 Å².